The molecule has 1 saturated heterocycles. The minimum absolute atomic E-state index is 0.0745. The molecular weight excluding hydrogens is 284 g/mol. The van der Waals surface area contributed by atoms with E-state index in [1.54, 1.807) is 7.11 Å². The van der Waals surface area contributed by atoms with Crippen molar-refractivity contribution in [3.63, 3.8) is 0 Å². The van der Waals surface area contributed by atoms with Gasteiger partial charge < -0.3 is 20.1 Å². The van der Waals surface area contributed by atoms with Crippen molar-refractivity contribution in [1.29, 1.82) is 0 Å². The molecule has 3 rings (SSSR count). The van der Waals surface area contributed by atoms with Crippen LogP contribution in [0.4, 0.5) is 5.69 Å². The average molecular weight is 306 g/mol. The Balaban J connectivity index is 1.77. The van der Waals surface area contributed by atoms with Gasteiger partial charge in [-0.25, -0.2) is 5.01 Å². The number of nitroso groups, excluding NO2 is 1. The van der Waals surface area contributed by atoms with Crippen LogP contribution in [0.25, 0.3) is 0 Å². The molecule has 0 spiro atoms. The van der Waals surface area contributed by atoms with Crippen molar-refractivity contribution in [2.75, 3.05) is 38.4 Å². The predicted octanol–water partition coefficient (Wildman–Crippen LogP) is 1.29. The molecule has 2 unspecified atom stereocenters. The first kappa shape index (κ1) is 15.1. The van der Waals surface area contributed by atoms with E-state index in [0.717, 1.165) is 32.5 Å². The lowest BCUT2D eigenvalue weighted by molar-refractivity contribution is 0.233. The van der Waals surface area contributed by atoms with Gasteiger partial charge in [-0.1, -0.05) is 6.07 Å². The van der Waals surface area contributed by atoms with Gasteiger partial charge in [0.1, 0.15) is 12.3 Å². The summed E-state index contributed by atoms with van der Waals surface area (Å²) in [5.41, 5.74) is 0.673. The summed E-state index contributed by atoms with van der Waals surface area (Å²) in [6.07, 6.45) is 1.92. The Morgan fingerprint density at radius 3 is 3.18 bits per heavy atom. The number of hydrogen-bond acceptors (Lipinski definition) is 6. The van der Waals surface area contributed by atoms with E-state index >= 15 is 0 Å². The molecule has 0 aromatic heterocycles. The summed E-state index contributed by atoms with van der Waals surface area (Å²) in [6.45, 7) is 3.34. The summed E-state index contributed by atoms with van der Waals surface area (Å²) in [5.74, 6) is 1.21. The van der Waals surface area contributed by atoms with Gasteiger partial charge in [0.05, 0.1) is 18.4 Å². The third kappa shape index (κ3) is 3.00. The van der Waals surface area contributed by atoms with E-state index in [0.29, 0.717) is 29.8 Å². The Hall–Kier alpha value is -1.86. The van der Waals surface area contributed by atoms with E-state index in [-0.39, 0.29) is 6.04 Å². The van der Waals surface area contributed by atoms with Crippen molar-refractivity contribution in [3.8, 4) is 11.5 Å². The molecule has 0 radical (unpaired) electrons. The van der Waals surface area contributed by atoms with Crippen molar-refractivity contribution in [3.05, 3.63) is 23.1 Å². The van der Waals surface area contributed by atoms with Crippen LogP contribution in [-0.4, -0.2) is 45.4 Å². The summed E-state index contributed by atoms with van der Waals surface area (Å²) in [4.78, 5) is 11.4. The Labute approximate surface area is 129 Å². The van der Waals surface area contributed by atoms with Crippen LogP contribution in [0.5, 0.6) is 11.5 Å². The molecule has 0 amide bonds. The number of nitrogens with zero attached hydrogens (tertiary/aromatic N) is 2. The summed E-state index contributed by atoms with van der Waals surface area (Å²) >= 11 is 0. The van der Waals surface area contributed by atoms with Crippen molar-refractivity contribution >= 4 is 5.69 Å². The Kier molecular flexibility index (Phi) is 4.74. The normalized spacial score (nSPS) is 24.9. The van der Waals surface area contributed by atoms with E-state index in [1.165, 1.54) is 5.01 Å². The maximum Gasteiger partial charge on any atom is 0.186 e. The zero-order valence-electron chi connectivity index (χ0n) is 12.7. The van der Waals surface area contributed by atoms with Gasteiger partial charge in [0.15, 0.2) is 11.5 Å². The third-order valence-corrected chi connectivity index (χ3v) is 4.19. The molecule has 2 aliphatic rings. The topological polar surface area (TPSA) is 75.2 Å². The summed E-state index contributed by atoms with van der Waals surface area (Å²) in [7, 11) is 1.59. The molecule has 22 heavy (non-hydrogen) atoms. The fraction of sp³-hybridized carbons (Fsp3) is 0.600. The van der Waals surface area contributed by atoms with Gasteiger partial charge in [-0.3, -0.25) is 0 Å². The van der Waals surface area contributed by atoms with E-state index in [2.05, 4.69) is 15.9 Å². The first-order chi connectivity index (χ1) is 10.8. The fourth-order valence-electron chi connectivity index (χ4n) is 3.08. The zero-order chi connectivity index (χ0) is 15.4. The molecule has 120 valence electrons. The molecule has 0 aliphatic carbocycles. The molecule has 1 aromatic rings. The van der Waals surface area contributed by atoms with Crippen molar-refractivity contribution < 1.29 is 9.47 Å². The summed E-state index contributed by atoms with van der Waals surface area (Å²) < 4.78 is 11.1. The number of methoxy groups -OCH3 is 1. The van der Waals surface area contributed by atoms with Crippen LogP contribution in [0.3, 0.4) is 0 Å². The minimum Gasteiger partial charge on any atom is -0.493 e. The number of para-hydroxylation sites is 1. The number of rotatable bonds is 4. The van der Waals surface area contributed by atoms with Crippen molar-refractivity contribution in [2.45, 2.75) is 24.9 Å². The van der Waals surface area contributed by atoms with Crippen LogP contribution in [0.15, 0.2) is 23.5 Å². The molecule has 7 heteroatoms. The molecule has 0 saturated carbocycles. The lowest BCUT2D eigenvalue weighted by Gasteiger charge is -2.35. The monoisotopic (exact) mass is 306 g/mol. The van der Waals surface area contributed by atoms with Gasteiger partial charge in [-0.15, -0.1) is 4.91 Å². The first-order valence-corrected chi connectivity index (χ1v) is 7.70. The maximum absolute atomic E-state index is 11.4. The number of ether oxygens (including phenoxy) is 2. The maximum atomic E-state index is 11.4. The van der Waals surface area contributed by atoms with Crippen molar-refractivity contribution in [2.24, 2.45) is 5.29 Å². The van der Waals surface area contributed by atoms with E-state index in [9.17, 15) is 4.91 Å². The number of benzene rings is 1. The molecule has 7 nitrogen and oxygen atoms in total. The highest BCUT2D eigenvalue weighted by Crippen LogP contribution is 2.42. The first-order valence-electron chi connectivity index (χ1n) is 7.70. The average Bonchev–Trinajstić information content (AvgIpc) is 2.82. The van der Waals surface area contributed by atoms with Crippen molar-refractivity contribution in [1.82, 2.24) is 10.6 Å². The number of nitrogens with one attached hydrogen (secondary N) is 2. The highest BCUT2D eigenvalue weighted by molar-refractivity contribution is 5.66. The van der Waals surface area contributed by atoms with E-state index < -0.39 is 0 Å². The highest BCUT2D eigenvalue weighted by atomic mass is 16.5. The molecule has 1 fully saturated rings. The molecule has 2 heterocycles. The lowest BCUT2D eigenvalue weighted by Crippen LogP contribution is -2.46. The highest BCUT2D eigenvalue weighted by Gasteiger charge is 2.32. The van der Waals surface area contributed by atoms with E-state index in [1.807, 2.05) is 18.2 Å². The number of fused-ring (bicyclic) bond motifs is 1. The second kappa shape index (κ2) is 6.93. The molecular formula is C15H22N4O3. The smallest absolute Gasteiger partial charge is 0.186 e. The third-order valence-electron chi connectivity index (χ3n) is 4.19. The predicted molar refractivity (Wildman–Crippen MR) is 84.4 cm³/mol. The fourth-order valence-corrected chi connectivity index (χ4v) is 3.08. The molecule has 2 aliphatic heterocycles. The van der Waals surface area contributed by atoms with Crippen LogP contribution in [-0.2, 0) is 0 Å². The van der Waals surface area contributed by atoms with Crippen LogP contribution in [0.2, 0.25) is 0 Å². The minimum atomic E-state index is -0.0745. The van der Waals surface area contributed by atoms with Crippen LogP contribution in [0, 0.1) is 4.91 Å². The van der Waals surface area contributed by atoms with Gasteiger partial charge in [0, 0.05) is 12.6 Å². The van der Waals surface area contributed by atoms with Gasteiger partial charge >= 0.3 is 0 Å². The molecule has 0 bridgehead atoms. The quantitative estimate of drug-likeness (QED) is 0.816. The Bertz CT molecular complexity index is 518. The Morgan fingerprint density at radius 1 is 1.45 bits per heavy atom. The number of hydrogen-bond donors (Lipinski definition) is 2. The summed E-state index contributed by atoms with van der Waals surface area (Å²) in [6, 6.07) is 5.73. The van der Waals surface area contributed by atoms with Crippen LogP contribution >= 0.6 is 0 Å². The Morgan fingerprint density at radius 2 is 2.36 bits per heavy atom. The molecule has 2 atom stereocenters. The lowest BCUT2D eigenvalue weighted by atomic mass is 10.0. The van der Waals surface area contributed by atoms with Crippen LogP contribution < -0.4 is 25.1 Å². The zero-order valence-corrected chi connectivity index (χ0v) is 12.7. The largest absolute Gasteiger partial charge is 0.493 e. The number of anilines is 1. The van der Waals surface area contributed by atoms with Gasteiger partial charge in [-0.2, -0.15) is 0 Å². The second-order valence-corrected chi connectivity index (χ2v) is 5.64. The SMILES string of the molecule is COc1cccc2c1OCC(CC1CNCCCN1)N2N=O. The standard InChI is InChI=1S/C15H22N4O3/c1-21-14-5-2-4-13-15(14)22-10-12(19(13)18-20)8-11-9-16-6-3-7-17-11/h2,4-5,11-12,16-17H,3,6-10H2,1H3. The second-order valence-electron chi connectivity index (χ2n) is 5.64. The van der Waals surface area contributed by atoms with Crippen LogP contribution in [0.1, 0.15) is 12.8 Å². The molecule has 2 N–H and O–H groups in total. The summed E-state index contributed by atoms with van der Waals surface area (Å²) in [5, 5.41) is 11.7. The molecule has 1 aromatic carbocycles. The van der Waals surface area contributed by atoms with Gasteiger partial charge in [0.25, 0.3) is 0 Å². The van der Waals surface area contributed by atoms with E-state index in [4.69, 9.17) is 9.47 Å². The van der Waals surface area contributed by atoms with Gasteiger partial charge in [-0.05, 0) is 38.1 Å². The van der Waals surface area contributed by atoms with Gasteiger partial charge in [0.2, 0.25) is 0 Å².